The average Bonchev–Trinajstić information content (AvgIpc) is 3.18. The van der Waals surface area contributed by atoms with Gasteiger partial charge in [0.25, 0.3) is 5.91 Å². The Morgan fingerprint density at radius 2 is 2.09 bits per heavy atom. The van der Waals surface area contributed by atoms with Crippen LogP contribution in [0.2, 0.25) is 0 Å². The van der Waals surface area contributed by atoms with Gasteiger partial charge in [0.1, 0.15) is 11.4 Å². The van der Waals surface area contributed by atoms with Crippen molar-refractivity contribution < 1.29 is 19.1 Å². The molecule has 2 fully saturated rings. The van der Waals surface area contributed by atoms with Gasteiger partial charge in [-0.15, -0.1) is 11.8 Å². The molecule has 7 heteroatoms. The van der Waals surface area contributed by atoms with E-state index in [2.05, 4.69) is 5.32 Å². The molecule has 1 N–H and O–H groups in total. The standard InChI is InChI=1S/C16H18N2O4S/c1-21-11-6-5-9-12(13(11)22-2)15(20)18-10(7-23-16(9)18)14(19)17-8-3-4-8/h5-6,8,10,16H,3-4,7H2,1-2H3,(H,17,19)/t10-,16+/m0/s1. The monoisotopic (exact) mass is 334 g/mol. The lowest BCUT2D eigenvalue weighted by Gasteiger charge is -2.22. The predicted molar refractivity (Wildman–Crippen MR) is 85.9 cm³/mol. The molecule has 0 unspecified atom stereocenters. The Hall–Kier alpha value is -1.89. The molecule has 122 valence electrons. The van der Waals surface area contributed by atoms with Crippen LogP contribution < -0.4 is 14.8 Å². The number of amides is 2. The number of nitrogens with one attached hydrogen (secondary N) is 1. The first-order valence-electron chi connectivity index (χ1n) is 7.65. The second kappa shape index (κ2) is 5.33. The van der Waals surface area contributed by atoms with Gasteiger partial charge in [0.2, 0.25) is 5.91 Å². The van der Waals surface area contributed by atoms with Crippen LogP contribution in [-0.2, 0) is 4.79 Å². The number of fused-ring (bicyclic) bond motifs is 3. The zero-order valence-electron chi connectivity index (χ0n) is 13.0. The summed E-state index contributed by atoms with van der Waals surface area (Å²) in [7, 11) is 3.07. The minimum absolute atomic E-state index is 0.0467. The SMILES string of the molecule is COc1ccc2c(c1OC)C(=O)N1[C@@H]2SC[C@H]1C(=O)NC1CC1. The van der Waals surface area contributed by atoms with Gasteiger partial charge in [0.15, 0.2) is 11.5 Å². The molecule has 4 rings (SSSR count). The summed E-state index contributed by atoms with van der Waals surface area (Å²) in [5.74, 6) is 1.41. The minimum atomic E-state index is -0.416. The summed E-state index contributed by atoms with van der Waals surface area (Å²) in [6, 6.07) is 3.59. The molecule has 2 aliphatic heterocycles. The molecule has 0 spiro atoms. The number of ether oxygens (including phenoxy) is 2. The molecule has 1 aromatic carbocycles. The third-order valence-corrected chi connectivity index (χ3v) is 5.82. The summed E-state index contributed by atoms with van der Waals surface area (Å²) in [5.41, 5.74) is 1.42. The van der Waals surface area contributed by atoms with Crippen molar-refractivity contribution in [3.05, 3.63) is 23.3 Å². The molecule has 0 bridgehead atoms. The van der Waals surface area contributed by atoms with Crippen LogP contribution in [0.15, 0.2) is 12.1 Å². The van der Waals surface area contributed by atoms with Crippen molar-refractivity contribution in [2.75, 3.05) is 20.0 Å². The van der Waals surface area contributed by atoms with Gasteiger partial charge in [-0.1, -0.05) is 6.07 Å². The smallest absolute Gasteiger partial charge is 0.260 e. The highest BCUT2D eigenvalue weighted by Crippen LogP contribution is 2.52. The second-order valence-corrected chi connectivity index (χ2v) is 7.08. The molecule has 23 heavy (non-hydrogen) atoms. The van der Waals surface area contributed by atoms with Gasteiger partial charge in [0, 0.05) is 17.4 Å². The number of thioether (sulfide) groups is 1. The van der Waals surface area contributed by atoms with E-state index in [1.807, 2.05) is 12.1 Å². The van der Waals surface area contributed by atoms with E-state index < -0.39 is 6.04 Å². The van der Waals surface area contributed by atoms with E-state index in [1.54, 1.807) is 23.8 Å². The van der Waals surface area contributed by atoms with Crippen molar-refractivity contribution in [1.29, 1.82) is 0 Å². The third-order valence-electron chi connectivity index (χ3n) is 4.52. The number of methoxy groups -OCH3 is 2. The fourth-order valence-electron chi connectivity index (χ4n) is 3.22. The summed E-state index contributed by atoms with van der Waals surface area (Å²) in [4.78, 5) is 27.1. The van der Waals surface area contributed by atoms with Crippen LogP contribution in [-0.4, -0.2) is 48.8 Å². The molecule has 2 heterocycles. The number of benzene rings is 1. The Morgan fingerprint density at radius 1 is 1.30 bits per heavy atom. The van der Waals surface area contributed by atoms with E-state index in [-0.39, 0.29) is 17.2 Å². The van der Waals surface area contributed by atoms with Crippen LogP contribution in [0.1, 0.15) is 34.1 Å². The average molecular weight is 334 g/mol. The molecule has 1 aliphatic carbocycles. The van der Waals surface area contributed by atoms with Gasteiger partial charge < -0.3 is 19.7 Å². The molecule has 0 radical (unpaired) electrons. The Balaban J connectivity index is 1.69. The molecule has 1 saturated carbocycles. The van der Waals surface area contributed by atoms with Crippen molar-refractivity contribution in [1.82, 2.24) is 10.2 Å². The highest BCUT2D eigenvalue weighted by molar-refractivity contribution is 7.99. The maximum Gasteiger partial charge on any atom is 0.260 e. The third kappa shape index (κ3) is 2.17. The molecular formula is C16H18N2O4S. The maximum atomic E-state index is 12.9. The topological polar surface area (TPSA) is 67.9 Å². The summed E-state index contributed by atoms with van der Waals surface area (Å²) in [6.45, 7) is 0. The fraction of sp³-hybridized carbons (Fsp3) is 0.500. The minimum Gasteiger partial charge on any atom is -0.493 e. The molecule has 2 atom stereocenters. The van der Waals surface area contributed by atoms with Gasteiger partial charge in [-0.2, -0.15) is 0 Å². The molecule has 1 saturated heterocycles. The lowest BCUT2D eigenvalue weighted by atomic mass is 10.1. The van der Waals surface area contributed by atoms with E-state index >= 15 is 0 Å². The Morgan fingerprint density at radius 3 is 2.74 bits per heavy atom. The Bertz CT molecular complexity index is 689. The Labute approximate surface area is 138 Å². The van der Waals surface area contributed by atoms with Gasteiger partial charge >= 0.3 is 0 Å². The molecule has 2 amide bonds. The molecule has 3 aliphatic rings. The zero-order valence-corrected chi connectivity index (χ0v) is 13.8. The van der Waals surface area contributed by atoms with Crippen LogP contribution in [0.3, 0.4) is 0 Å². The van der Waals surface area contributed by atoms with Crippen molar-refractivity contribution in [2.24, 2.45) is 0 Å². The normalized spacial score (nSPS) is 25.1. The van der Waals surface area contributed by atoms with Crippen LogP contribution in [0.25, 0.3) is 0 Å². The van der Waals surface area contributed by atoms with Gasteiger partial charge in [-0.05, 0) is 18.9 Å². The lowest BCUT2D eigenvalue weighted by molar-refractivity contribution is -0.124. The van der Waals surface area contributed by atoms with E-state index in [9.17, 15) is 9.59 Å². The van der Waals surface area contributed by atoms with Gasteiger partial charge in [0.05, 0.1) is 19.8 Å². The largest absolute Gasteiger partial charge is 0.493 e. The van der Waals surface area contributed by atoms with Crippen molar-refractivity contribution in [3.63, 3.8) is 0 Å². The van der Waals surface area contributed by atoms with Crippen molar-refractivity contribution in [3.8, 4) is 11.5 Å². The fourth-order valence-corrected chi connectivity index (χ4v) is 4.67. The molecule has 6 nitrogen and oxygen atoms in total. The van der Waals surface area contributed by atoms with E-state index in [0.717, 1.165) is 18.4 Å². The highest BCUT2D eigenvalue weighted by atomic mass is 32.2. The number of hydrogen-bond acceptors (Lipinski definition) is 5. The highest BCUT2D eigenvalue weighted by Gasteiger charge is 2.50. The van der Waals surface area contributed by atoms with E-state index in [4.69, 9.17) is 9.47 Å². The zero-order chi connectivity index (χ0) is 16.1. The quantitative estimate of drug-likeness (QED) is 0.905. The molecular weight excluding hydrogens is 316 g/mol. The van der Waals surface area contributed by atoms with Gasteiger partial charge in [-0.25, -0.2) is 0 Å². The number of rotatable bonds is 4. The lowest BCUT2D eigenvalue weighted by Crippen LogP contribution is -2.46. The summed E-state index contributed by atoms with van der Waals surface area (Å²) < 4.78 is 10.7. The van der Waals surface area contributed by atoms with Crippen molar-refractivity contribution in [2.45, 2.75) is 30.3 Å². The van der Waals surface area contributed by atoms with Crippen molar-refractivity contribution >= 4 is 23.6 Å². The summed E-state index contributed by atoms with van der Waals surface area (Å²) in [5, 5.41) is 2.89. The summed E-state index contributed by atoms with van der Waals surface area (Å²) >= 11 is 1.62. The van der Waals surface area contributed by atoms with Crippen LogP contribution in [0, 0.1) is 0 Å². The van der Waals surface area contributed by atoms with Gasteiger partial charge in [-0.3, -0.25) is 9.59 Å². The molecule has 0 aromatic heterocycles. The first-order chi connectivity index (χ1) is 11.2. The summed E-state index contributed by atoms with van der Waals surface area (Å²) in [6.07, 6.45) is 2.07. The first kappa shape index (κ1) is 14.7. The number of nitrogens with zero attached hydrogens (tertiary/aromatic N) is 1. The number of carbonyl (C=O) groups excluding carboxylic acids is 2. The van der Waals surface area contributed by atoms with Crippen LogP contribution >= 0.6 is 11.8 Å². The van der Waals surface area contributed by atoms with Crippen LogP contribution in [0.4, 0.5) is 0 Å². The molecule has 1 aromatic rings. The second-order valence-electron chi connectivity index (χ2n) is 5.96. The number of hydrogen-bond donors (Lipinski definition) is 1. The first-order valence-corrected chi connectivity index (χ1v) is 8.70. The predicted octanol–water partition coefficient (Wildman–Crippen LogP) is 1.55. The van der Waals surface area contributed by atoms with E-state index in [0.29, 0.717) is 28.9 Å². The number of carbonyl (C=O) groups is 2. The Kier molecular flexibility index (Phi) is 3.41. The van der Waals surface area contributed by atoms with Crippen LogP contribution in [0.5, 0.6) is 11.5 Å². The maximum absolute atomic E-state index is 12.9. The van der Waals surface area contributed by atoms with E-state index in [1.165, 1.54) is 7.11 Å².